The van der Waals surface area contributed by atoms with E-state index in [0.29, 0.717) is 23.9 Å². The van der Waals surface area contributed by atoms with Crippen LogP contribution in [0.2, 0.25) is 0 Å². The van der Waals surface area contributed by atoms with E-state index in [1.165, 1.54) is 43.2 Å². The molecule has 1 saturated heterocycles. The predicted molar refractivity (Wildman–Crippen MR) is 92.2 cm³/mol. The van der Waals surface area contributed by atoms with Gasteiger partial charge in [0, 0.05) is 12.5 Å². The van der Waals surface area contributed by atoms with Crippen LogP contribution in [0.25, 0.3) is 0 Å². The molecule has 2 atom stereocenters. The highest BCUT2D eigenvalue weighted by Crippen LogP contribution is 2.41. The van der Waals surface area contributed by atoms with E-state index in [0.717, 1.165) is 32.4 Å². The summed E-state index contributed by atoms with van der Waals surface area (Å²) in [4.78, 5) is 15.3. The van der Waals surface area contributed by atoms with E-state index in [2.05, 4.69) is 34.5 Å². The molecule has 1 aromatic rings. The van der Waals surface area contributed by atoms with E-state index in [1.54, 1.807) is 0 Å². The summed E-state index contributed by atoms with van der Waals surface area (Å²) >= 11 is 0. The van der Waals surface area contributed by atoms with Gasteiger partial charge >= 0.3 is 0 Å². The summed E-state index contributed by atoms with van der Waals surface area (Å²) in [5.74, 6) is 1.11. The highest BCUT2D eigenvalue weighted by Gasteiger charge is 2.39. The van der Waals surface area contributed by atoms with Crippen LogP contribution in [0.1, 0.15) is 62.1 Å². The fraction of sp³-hybridized carbons (Fsp3) is 0.650. The molecule has 1 aliphatic heterocycles. The van der Waals surface area contributed by atoms with E-state index in [4.69, 9.17) is 0 Å². The van der Waals surface area contributed by atoms with Crippen molar-refractivity contribution in [2.45, 2.75) is 63.5 Å². The number of amides is 1. The van der Waals surface area contributed by atoms with Gasteiger partial charge in [-0.2, -0.15) is 0 Å². The molecule has 23 heavy (non-hydrogen) atoms. The first-order valence-electron chi connectivity index (χ1n) is 9.42. The average molecular weight is 312 g/mol. The molecular weight excluding hydrogens is 284 g/mol. The van der Waals surface area contributed by atoms with Gasteiger partial charge in [-0.3, -0.25) is 4.79 Å². The van der Waals surface area contributed by atoms with Crippen LogP contribution in [-0.4, -0.2) is 29.9 Å². The molecule has 1 aromatic carbocycles. The molecular formula is C20H28N2O. The number of carbonyl (C=O) groups excluding carboxylic acids is 1. The first-order valence-corrected chi connectivity index (χ1v) is 9.42. The third-order valence-electron chi connectivity index (χ3n) is 5.83. The molecule has 3 aliphatic rings. The van der Waals surface area contributed by atoms with Gasteiger partial charge in [-0.05, 0) is 75.1 Å². The molecule has 2 fully saturated rings. The number of carbonyl (C=O) groups is 1. The van der Waals surface area contributed by atoms with Gasteiger partial charge in [0.1, 0.15) is 0 Å². The van der Waals surface area contributed by atoms with Crippen molar-refractivity contribution in [2.24, 2.45) is 5.92 Å². The number of nitrogens with one attached hydrogen (secondary N) is 1. The lowest BCUT2D eigenvalue weighted by Gasteiger charge is -2.36. The second-order valence-electron chi connectivity index (χ2n) is 7.54. The lowest BCUT2D eigenvalue weighted by Crippen LogP contribution is -2.38. The van der Waals surface area contributed by atoms with E-state index in [9.17, 15) is 4.79 Å². The zero-order valence-electron chi connectivity index (χ0n) is 14.0. The first kappa shape index (κ1) is 15.2. The van der Waals surface area contributed by atoms with Crippen molar-refractivity contribution < 1.29 is 4.79 Å². The van der Waals surface area contributed by atoms with Crippen LogP contribution in [0.5, 0.6) is 0 Å². The standard InChI is InChI=1S/C20H28N2O/c23-20(11-8-15-12-13-21-14-15)22(17-9-10-17)19-7-3-5-16-4-1-2-6-18(16)19/h1-2,4,6,15,17,19,21H,3,5,7-14H2. The summed E-state index contributed by atoms with van der Waals surface area (Å²) in [6.45, 7) is 2.23. The third kappa shape index (κ3) is 3.30. The van der Waals surface area contributed by atoms with Crippen molar-refractivity contribution in [3.05, 3.63) is 35.4 Å². The zero-order chi connectivity index (χ0) is 15.6. The number of fused-ring (bicyclic) bond motifs is 1. The minimum Gasteiger partial charge on any atom is -0.333 e. The van der Waals surface area contributed by atoms with Crippen LogP contribution in [0, 0.1) is 5.92 Å². The number of aryl methyl sites for hydroxylation is 1. The quantitative estimate of drug-likeness (QED) is 0.903. The fourth-order valence-electron chi connectivity index (χ4n) is 4.42. The Morgan fingerprint density at radius 1 is 1.17 bits per heavy atom. The molecule has 1 saturated carbocycles. The smallest absolute Gasteiger partial charge is 0.223 e. The van der Waals surface area contributed by atoms with E-state index >= 15 is 0 Å². The zero-order valence-corrected chi connectivity index (χ0v) is 14.0. The highest BCUT2D eigenvalue weighted by molar-refractivity contribution is 5.77. The molecule has 124 valence electrons. The fourth-order valence-corrected chi connectivity index (χ4v) is 4.42. The molecule has 2 unspecified atom stereocenters. The van der Waals surface area contributed by atoms with Gasteiger partial charge in [0.2, 0.25) is 5.91 Å². The molecule has 1 amide bonds. The lowest BCUT2D eigenvalue weighted by molar-refractivity contribution is -0.135. The van der Waals surface area contributed by atoms with Crippen LogP contribution in [-0.2, 0) is 11.2 Å². The molecule has 3 heteroatoms. The van der Waals surface area contributed by atoms with Gasteiger partial charge in [0.05, 0.1) is 6.04 Å². The molecule has 3 nitrogen and oxygen atoms in total. The van der Waals surface area contributed by atoms with Gasteiger partial charge < -0.3 is 10.2 Å². The molecule has 1 heterocycles. The lowest BCUT2D eigenvalue weighted by atomic mass is 9.86. The summed E-state index contributed by atoms with van der Waals surface area (Å²) in [6.07, 6.45) is 8.97. The number of nitrogens with zero attached hydrogens (tertiary/aromatic N) is 1. The summed E-state index contributed by atoms with van der Waals surface area (Å²) in [6, 6.07) is 9.63. The van der Waals surface area contributed by atoms with Crippen molar-refractivity contribution in [3.8, 4) is 0 Å². The van der Waals surface area contributed by atoms with Gasteiger partial charge in [-0.1, -0.05) is 24.3 Å². The molecule has 0 aromatic heterocycles. The number of hydrogen-bond donors (Lipinski definition) is 1. The van der Waals surface area contributed by atoms with Gasteiger partial charge in [-0.25, -0.2) is 0 Å². The van der Waals surface area contributed by atoms with Crippen molar-refractivity contribution in [2.75, 3.05) is 13.1 Å². The SMILES string of the molecule is O=C(CCC1CCNC1)N(C1CC1)C1CCCc2ccccc21. The molecule has 4 rings (SSSR count). The topological polar surface area (TPSA) is 32.3 Å². The Kier molecular flexibility index (Phi) is 4.39. The summed E-state index contributed by atoms with van der Waals surface area (Å²) in [5.41, 5.74) is 2.88. The predicted octanol–water partition coefficient (Wildman–Crippen LogP) is 3.44. The van der Waals surface area contributed by atoms with Gasteiger partial charge in [0.25, 0.3) is 0 Å². The monoisotopic (exact) mass is 312 g/mol. The summed E-state index contributed by atoms with van der Waals surface area (Å²) < 4.78 is 0. The van der Waals surface area contributed by atoms with Crippen LogP contribution < -0.4 is 5.32 Å². The maximum Gasteiger partial charge on any atom is 0.223 e. The first-order chi connectivity index (χ1) is 11.3. The maximum atomic E-state index is 13.0. The van der Waals surface area contributed by atoms with Gasteiger partial charge in [0.15, 0.2) is 0 Å². The van der Waals surface area contributed by atoms with Crippen LogP contribution in [0.3, 0.4) is 0 Å². The number of benzene rings is 1. The number of rotatable bonds is 5. The molecule has 0 radical (unpaired) electrons. The Hall–Kier alpha value is -1.35. The molecule has 0 spiro atoms. The third-order valence-corrected chi connectivity index (χ3v) is 5.83. The largest absolute Gasteiger partial charge is 0.333 e. The van der Waals surface area contributed by atoms with Crippen LogP contribution >= 0.6 is 0 Å². The minimum atomic E-state index is 0.335. The second kappa shape index (κ2) is 6.64. The molecule has 2 aliphatic carbocycles. The van der Waals surface area contributed by atoms with Crippen molar-refractivity contribution >= 4 is 5.91 Å². The Morgan fingerprint density at radius 2 is 2.04 bits per heavy atom. The van der Waals surface area contributed by atoms with Gasteiger partial charge in [-0.15, -0.1) is 0 Å². The highest BCUT2D eigenvalue weighted by atomic mass is 16.2. The van der Waals surface area contributed by atoms with Crippen molar-refractivity contribution in [1.82, 2.24) is 10.2 Å². The van der Waals surface area contributed by atoms with Crippen molar-refractivity contribution in [3.63, 3.8) is 0 Å². The summed E-state index contributed by atoms with van der Waals surface area (Å²) in [7, 11) is 0. The van der Waals surface area contributed by atoms with Crippen LogP contribution in [0.15, 0.2) is 24.3 Å². The van der Waals surface area contributed by atoms with E-state index < -0.39 is 0 Å². The Labute approximate surface area is 139 Å². The maximum absolute atomic E-state index is 13.0. The minimum absolute atomic E-state index is 0.335. The molecule has 0 bridgehead atoms. The Bertz CT molecular complexity index is 561. The Morgan fingerprint density at radius 3 is 2.83 bits per heavy atom. The van der Waals surface area contributed by atoms with Crippen molar-refractivity contribution in [1.29, 1.82) is 0 Å². The Balaban J connectivity index is 1.48. The summed E-state index contributed by atoms with van der Waals surface area (Å²) in [5, 5.41) is 3.41. The number of hydrogen-bond acceptors (Lipinski definition) is 2. The second-order valence-corrected chi connectivity index (χ2v) is 7.54. The normalized spacial score (nSPS) is 26.8. The van der Waals surface area contributed by atoms with E-state index in [-0.39, 0.29) is 0 Å². The van der Waals surface area contributed by atoms with E-state index in [1.807, 2.05) is 0 Å². The van der Waals surface area contributed by atoms with Crippen LogP contribution in [0.4, 0.5) is 0 Å². The average Bonchev–Trinajstić information content (AvgIpc) is 3.27. The molecule has 1 N–H and O–H groups in total.